The van der Waals surface area contributed by atoms with Crippen molar-refractivity contribution >= 4 is 21.8 Å². The van der Waals surface area contributed by atoms with Gasteiger partial charge in [-0.2, -0.15) is 0 Å². The van der Waals surface area contributed by atoms with Gasteiger partial charge in [-0.05, 0) is 19.3 Å². The van der Waals surface area contributed by atoms with E-state index in [2.05, 4.69) is 21.2 Å². The molecule has 0 bridgehead atoms. The Morgan fingerprint density at radius 3 is 2.80 bits per heavy atom. The van der Waals surface area contributed by atoms with E-state index in [9.17, 15) is 4.79 Å². The molecule has 1 atom stereocenters. The minimum Gasteiger partial charge on any atom is -0.384 e. The maximum absolute atomic E-state index is 11.6. The Morgan fingerprint density at radius 2 is 2.20 bits per heavy atom. The highest BCUT2D eigenvalue weighted by molar-refractivity contribution is 9.09. The first-order valence-corrected chi connectivity index (χ1v) is 6.56. The number of carbonyl (C=O) groups excluding carboxylic acids is 1. The van der Waals surface area contributed by atoms with Crippen LogP contribution in [0.5, 0.6) is 0 Å². The zero-order valence-corrected chi connectivity index (χ0v) is 10.9. The fourth-order valence-electron chi connectivity index (χ4n) is 1.95. The maximum Gasteiger partial charge on any atom is 0.223 e. The fourth-order valence-corrected chi connectivity index (χ4v) is 2.44. The zero-order chi connectivity index (χ0) is 11.1. The molecular formula is C11H20BrNO2. The summed E-state index contributed by atoms with van der Waals surface area (Å²) in [6.07, 6.45) is 5.49. The van der Waals surface area contributed by atoms with Gasteiger partial charge in [-0.3, -0.25) is 4.79 Å². The standard InChI is InChI=1S/C11H20BrNO2/c1-15-8-10(12)6-7-13-11(14)9-4-2-3-5-9/h9-10H,2-8H2,1H3,(H,13,14). The van der Waals surface area contributed by atoms with Crippen molar-refractivity contribution < 1.29 is 9.53 Å². The third-order valence-corrected chi connectivity index (χ3v) is 3.55. The molecule has 0 aliphatic heterocycles. The van der Waals surface area contributed by atoms with Crippen LogP contribution in [0.3, 0.4) is 0 Å². The summed E-state index contributed by atoms with van der Waals surface area (Å²) >= 11 is 3.50. The van der Waals surface area contributed by atoms with E-state index < -0.39 is 0 Å². The Bertz CT molecular complexity index is 193. The van der Waals surface area contributed by atoms with Gasteiger partial charge in [0.15, 0.2) is 0 Å². The number of ether oxygens (including phenoxy) is 1. The average molecular weight is 278 g/mol. The summed E-state index contributed by atoms with van der Waals surface area (Å²) in [5, 5.41) is 2.99. The third-order valence-electron chi connectivity index (χ3n) is 2.83. The highest BCUT2D eigenvalue weighted by Crippen LogP contribution is 2.24. The molecule has 15 heavy (non-hydrogen) atoms. The van der Waals surface area contributed by atoms with E-state index in [1.165, 1.54) is 12.8 Å². The van der Waals surface area contributed by atoms with Gasteiger partial charge in [0.2, 0.25) is 5.91 Å². The molecule has 0 spiro atoms. The van der Waals surface area contributed by atoms with Gasteiger partial charge < -0.3 is 10.1 Å². The van der Waals surface area contributed by atoms with Crippen LogP contribution in [0.25, 0.3) is 0 Å². The Labute approximate surface area is 100 Å². The van der Waals surface area contributed by atoms with Crippen molar-refractivity contribution in [3.63, 3.8) is 0 Å². The van der Waals surface area contributed by atoms with Crippen molar-refractivity contribution in [3.05, 3.63) is 0 Å². The second kappa shape index (κ2) is 7.23. The molecule has 1 aliphatic carbocycles. The molecule has 0 aromatic carbocycles. The Balaban J connectivity index is 2.06. The lowest BCUT2D eigenvalue weighted by atomic mass is 10.1. The van der Waals surface area contributed by atoms with Gasteiger partial charge in [0, 0.05) is 24.4 Å². The van der Waals surface area contributed by atoms with Gasteiger partial charge >= 0.3 is 0 Å². The molecular weight excluding hydrogens is 258 g/mol. The van der Waals surface area contributed by atoms with Gasteiger partial charge in [0.1, 0.15) is 0 Å². The van der Waals surface area contributed by atoms with Gasteiger partial charge in [-0.1, -0.05) is 28.8 Å². The average Bonchev–Trinajstić information content (AvgIpc) is 2.70. The molecule has 1 rings (SSSR count). The first-order chi connectivity index (χ1) is 7.24. The summed E-state index contributed by atoms with van der Waals surface area (Å²) in [4.78, 5) is 12.0. The van der Waals surface area contributed by atoms with Crippen molar-refractivity contribution in [2.24, 2.45) is 5.92 Å². The molecule has 0 aromatic heterocycles. The van der Waals surface area contributed by atoms with E-state index in [4.69, 9.17) is 4.74 Å². The molecule has 1 fully saturated rings. The molecule has 4 heteroatoms. The summed E-state index contributed by atoms with van der Waals surface area (Å²) in [5.74, 6) is 0.519. The summed E-state index contributed by atoms with van der Waals surface area (Å²) in [5.41, 5.74) is 0. The third kappa shape index (κ3) is 4.98. The Hall–Kier alpha value is -0.0900. The van der Waals surface area contributed by atoms with E-state index in [0.29, 0.717) is 11.4 Å². The molecule has 0 heterocycles. The van der Waals surface area contributed by atoms with Crippen LogP contribution < -0.4 is 5.32 Å². The van der Waals surface area contributed by atoms with Gasteiger partial charge in [0.25, 0.3) is 0 Å². The SMILES string of the molecule is COCC(Br)CCNC(=O)C1CCCC1. The smallest absolute Gasteiger partial charge is 0.223 e. The van der Waals surface area contributed by atoms with Crippen molar-refractivity contribution in [2.45, 2.75) is 36.9 Å². The number of methoxy groups -OCH3 is 1. The molecule has 1 amide bonds. The molecule has 1 N–H and O–H groups in total. The first kappa shape index (κ1) is 13.0. The quantitative estimate of drug-likeness (QED) is 0.756. The highest BCUT2D eigenvalue weighted by Gasteiger charge is 2.22. The fraction of sp³-hybridized carbons (Fsp3) is 0.909. The van der Waals surface area contributed by atoms with E-state index in [0.717, 1.165) is 25.8 Å². The van der Waals surface area contributed by atoms with Crippen molar-refractivity contribution in [1.82, 2.24) is 5.32 Å². The van der Waals surface area contributed by atoms with Gasteiger partial charge in [0.05, 0.1) is 6.61 Å². The molecule has 1 unspecified atom stereocenters. The predicted octanol–water partition coefficient (Wildman–Crippen LogP) is 2.09. The minimum atomic E-state index is 0.240. The van der Waals surface area contributed by atoms with E-state index in [1.807, 2.05) is 0 Å². The summed E-state index contributed by atoms with van der Waals surface area (Å²) in [7, 11) is 1.69. The normalized spacial score (nSPS) is 19.1. The maximum atomic E-state index is 11.6. The number of hydrogen-bond donors (Lipinski definition) is 1. The molecule has 1 aliphatic rings. The number of rotatable bonds is 6. The van der Waals surface area contributed by atoms with Crippen molar-refractivity contribution in [1.29, 1.82) is 0 Å². The van der Waals surface area contributed by atoms with E-state index >= 15 is 0 Å². The van der Waals surface area contributed by atoms with Gasteiger partial charge in [-0.15, -0.1) is 0 Å². The monoisotopic (exact) mass is 277 g/mol. The number of alkyl halides is 1. The number of carbonyl (C=O) groups is 1. The topological polar surface area (TPSA) is 38.3 Å². The highest BCUT2D eigenvalue weighted by atomic mass is 79.9. The molecule has 3 nitrogen and oxygen atoms in total. The second-order valence-electron chi connectivity index (χ2n) is 4.11. The Kier molecular flexibility index (Phi) is 6.25. The zero-order valence-electron chi connectivity index (χ0n) is 9.30. The molecule has 0 radical (unpaired) electrons. The molecule has 0 saturated heterocycles. The van der Waals surface area contributed by atoms with Crippen LogP contribution in [0.15, 0.2) is 0 Å². The van der Waals surface area contributed by atoms with Crippen LogP contribution in [-0.4, -0.2) is 31.0 Å². The molecule has 1 saturated carbocycles. The van der Waals surface area contributed by atoms with Crippen molar-refractivity contribution in [2.75, 3.05) is 20.3 Å². The summed E-state index contributed by atoms with van der Waals surface area (Å²) in [6.45, 7) is 1.44. The number of amides is 1. The summed E-state index contributed by atoms with van der Waals surface area (Å²) < 4.78 is 5.00. The Morgan fingerprint density at radius 1 is 1.53 bits per heavy atom. The lowest BCUT2D eigenvalue weighted by Crippen LogP contribution is -2.31. The van der Waals surface area contributed by atoms with Crippen LogP contribution in [-0.2, 0) is 9.53 Å². The number of nitrogens with one attached hydrogen (secondary N) is 1. The molecule has 0 aromatic rings. The molecule has 88 valence electrons. The van der Waals surface area contributed by atoms with E-state index in [-0.39, 0.29) is 11.8 Å². The minimum absolute atomic E-state index is 0.240. The van der Waals surface area contributed by atoms with Crippen LogP contribution in [0.1, 0.15) is 32.1 Å². The lowest BCUT2D eigenvalue weighted by molar-refractivity contribution is -0.124. The van der Waals surface area contributed by atoms with Crippen LogP contribution in [0.4, 0.5) is 0 Å². The van der Waals surface area contributed by atoms with E-state index in [1.54, 1.807) is 7.11 Å². The number of halogens is 1. The van der Waals surface area contributed by atoms with Crippen molar-refractivity contribution in [3.8, 4) is 0 Å². The lowest BCUT2D eigenvalue weighted by Gasteiger charge is -2.12. The first-order valence-electron chi connectivity index (χ1n) is 5.64. The summed E-state index contributed by atoms with van der Waals surface area (Å²) in [6, 6.07) is 0. The van der Waals surface area contributed by atoms with Crippen LogP contribution in [0.2, 0.25) is 0 Å². The van der Waals surface area contributed by atoms with Crippen LogP contribution >= 0.6 is 15.9 Å². The largest absolute Gasteiger partial charge is 0.384 e. The van der Waals surface area contributed by atoms with Crippen LogP contribution in [0, 0.1) is 5.92 Å². The second-order valence-corrected chi connectivity index (χ2v) is 5.41. The van der Waals surface area contributed by atoms with Gasteiger partial charge in [-0.25, -0.2) is 0 Å². The number of hydrogen-bond acceptors (Lipinski definition) is 2. The predicted molar refractivity (Wildman–Crippen MR) is 64.2 cm³/mol.